The third kappa shape index (κ3) is 5.10. The summed E-state index contributed by atoms with van der Waals surface area (Å²) in [6, 6.07) is 21.6. The molecule has 144 valence electrons. The van der Waals surface area contributed by atoms with E-state index in [0.717, 1.165) is 11.3 Å². The van der Waals surface area contributed by atoms with E-state index in [2.05, 4.69) is 5.32 Å². The Morgan fingerprint density at radius 1 is 0.964 bits per heavy atom. The van der Waals surface area contributed by atoms with Crippen molar-refractivity contribution in [3.8, 4) is 0 Å². The molecule has 1 aromatic heterocycles. The van der Waals surface area contributed by atoms with E-state index in [1.807, 2.05) is 55.5 Å². The van der Waals surface area contributed by atoms with Crippen LogP contribution in [0, 0.1) is 6.92 Å². The van der Waals surface area contributed by atoms with E-state index in [1.165, 1.54) is 0 Å². The predicted molar refractivity (Wildman–Crippen MR) is 108 cm³/mol. The third-order valence-electron chi connectivity index (χ3n) is 4.49. The largest absolute Gasteiger partial charge is 0.464 e. The number of nitrogens with one attached hydrogen (secondary N) is 1. The Bertz CT molecular complexity index is 919. The summed E-state index contributed by atoms with van der Waals surface area (Å²) < 4.78 is 5.57. The van der Waals surface area contributed by atoms with Gasteiger partial charge in [0.2, 0.25) is 5.91 Å². The molecule has 3 aromatic rings. The lowest BCUT2D eigenvalue weighted by atomic mass is 10.0. The van der Waals surface area contributed by atoms with Crippen LogP contribution in [0.25, 0.3) is 0 Å². The van der Waals surface area contributed by atoms with E-state index >= 15 is 0 Å². The molecule has 0 spiro atoms. The van der Waals surface area contributed by atoms with Crippen molar-refractivity contribution in [3.63, 3.8) is 0 Å². The summed E-state index contributed by atoms with van der Waals surface area (Å²) >= 11 is 0. The van der Waals surface area contributed by atoms with Crippen molar-refractivity contribution in [2.75, 3.05) is 7.05 Å². The Morgan fingerprint density at radius 2 is 1.61 bits per heavy atom. The molecule has 0 aliphatic heterocycles. The monoisotopic (exact) mass is 376 g/mol. The summed E-state index contributed by atoms with van der Waals surface area (Å²) in [5, 5.41) is 2.89. The van der Waals surface area contributed by atoms with E-state index in [0.29, 0.717) is 24.3 Å². The fourth-order valence-electron chi connectivity index (χ4n) is 3.03. The minimum atomic E-state index is -0.670. The van der Waals surface area contributed by atoms with Gasteiger partial charge in [-0.3, -0.25) is 9.59 Å². The summed E-state index contributed by atoms with van der Waals surface area (Å²) in [7, 11) is 1.72. The van der Waals surface area contributed by atoms with E-state index in [4.69, 9.17) is 4.42 Å². The average molecular weight is 376 g/mol. The molecule has 3 rings (SSSR count). The molecule has 1 heterocycles. The number of nitrogens with zero attached hydrogens (tertiary/aromatic N) is 1. The van der Waals surface area contributed by atoms with Gasteiger partial charge in [-0.05, 0) is 36.8 Å². The lowest BCUT2D eigenvalue weighted by Crippen LogP contribution is -2.48. The van der Waals surface area contributed by atoms with E-state index in [1.54, 1.807) is 36.2 Å². The number of aryl methyl sites for hydroxylation is 1. The summed E-state index contributed by atoms with van der Waals surface area (Å²) in [4.78, 5) is 27.3. The molecule has 1 atom stereocenters. The Balaban J connectivity index is 1.76. The maximum Gasteiger partial charge on any atom is 0.251 e. The zero-order chi connectivity index (χ0) is 19.9. The van der Waals surface area contributed by atoms with Crippen molar-refractivity contribution < 1.29 is 14.0 Å². The molecule has 5 nitrogen and oxygen atoms in total. The molecule has 0 saturated heterocycles. The van der Waals surface area contributed by atoms with E-state index < -0.39 is 6.04 Å². The highest BCUT2D eigenvalue weighted by molar-refractivity contribution is 5.97. The second-order valence-electron chi connectivity index (χ2n) is 6.79. The highest BCUT2D eigenvalue weighted by Gasteiger charge is 2.25. The second-order valence-corrected chi connectivity index (χ2v) is 6.79. The predicted octanol–water partition coefficient (Wildman–Crippen LogP) is 3.59. The summed E-state index contributed by atoms with van der Waals surface area (Å²) in [5.74, 6) is 1.08. The Hall–Kier alpha value is -3.34. The average Bonchev–Trinajstić information content (AvgIpc) is 3.12. The number of carbonyl (C=O) groups is 2. The van der Waals surface area contributed by atoms with Crippen molar-refractivity contribution in [3.05, 3.63) is 95.4 Å². The van der Waals surface area contributed by atoms with Gasteiger partial charge in [0.05, 0.1) is 6.54 Å². The number of benzene rings is 2. The Morgan fingerprint density at radius 3 is 2.21 bits per heavy atom. The zero-order valence-corrected chi connectivity index (χ0v) is 16.1. The summed E-state index contributed by atoms with van der Waals surface area (Å²) in [6.07, 6.45) is 0.416. The number of hydrogen-bond donors (Lipinski definition) is 1. The molecule has 0 saturated carbocycles. The minimum absolute atomic E-state index is 0.165. The molecule has 1 N–H and O–H groups in total. The van der Waals surface area contributed by atoms with Gasteiger partial charge in [0.25, 0.3) is 5.91 Å². The van der Waals surface area contributed by atoms with Crippen LogP contribution < -0.4 is 5.32 Å². The van der Waals surface area contributed by atoms with Crippen molar-refractivity contribution in [1.82, 2.24) is 10.2 Å². The maximum atomic E-state index is 13.1. The fraction of sp³-hybridized carbons (Fsp3) is 0.217. The first-order valence-electron chi connectivity index (χ1n) is 9.23. The van der Waals surface area contributed by atoms with Crippen LogP contribution in [-0.4, -0.2) is 29.8 Å². The second kappa shape index (κ2) is 9.04. The molecule has 0 bridgehead atoms. The normalized spacial score (nSPS) is 11.6. The molecule has 2 amide bonds. The van der Waals surface area contributed by atoms with Gasteiger partial charge in [-0.15, -0.1) is 0 Å². The standard InChI is InChI=1S/C23H24N2O3/c1-17-13-14-20(28-17)16-25(2)23(27)21(15-18-9-5-3-6-10-18)24-22(26)19-11-7-4-8-12-19/h3-14,21H,15-16H2,1-2H3,(H,24,26)/t21-/m0/s1. The van der Waals surface area contributed by atoms with Crippen LogP contribution >= 0.6 is 0 Å². The quantitative estimate of drug-likeness (QED) is 0.685. The smallest absolute Gasteiger partial charge is 0.251 e. The van der Waals surface area contributed by atoms with E-state index in [-0.39, 0.29) is 11.8 Å². The van der Waals surface area contributed by atoms with Crippen molar-refractivity contribution >= 4 is 11.8 Å². The molecule has 28 heavy (non-hydrogen) atoms. The lowest BCUT2D eigenvalue weighted by molar-refractivity contribution is -0.132. The Labute approximate surface area is 165 Å². The number of amides is 2. The van der Waals surface area contributed by atoms with Crippen LogP contribution in [0.5, 0.6) is 0 Å². The number of likely N-dealkylation sites (N-methyl/N-ethyl adjacent to an activating group) is 1. The number of furan rings is 1. The number of rotatable bonds is 7. The van der Waals surface area contributed by atoms with Crippen molar-refractivity contribution in [2.24, 2.45) is 0 Å². The van der Waals surface area contributed by atoms with Crippen LogP contribution in [0.15, 0.2) is 77.2 Å². The topological polar surface area (TPSA) is 62.6 Å². The molecule has 0 fully saturated rings. The van der Waals surface area contributed by atoms with Gasteiger partial charge < -0.3 is 14.6 Å². The van der Waals surface area contributed by atoms with Crippen molar-refractivity contribution in [2.45, 2.75) is 25.9 Å². The number of carbonyl (C=O) groups excluding carboxylic acids is 2. The van der Waals surface area contributed by atoms with Gasteiger partial charge in [0.1, 0.15) is 17.6 Å². The molecule has 0 radical (unpaired) electrons. The molecular formula is C23H24N2O3. The zero-order valence-electron chi connectivity index (χ0n) is 16.1. The van der Waals surface area contributed by atoms with Crippen LogP contribution in [0.3, 0.4) is 0 Å². The van der Waals surface area contributed by atoms with Crippen LogP contribution in [0.2, 0.25) is 0 Å². The molecule has 0 aliphatic rings. The van der Waals surface area contributed by atoms with Crippen LogP contribution in [0.1, 0.15) is 27.4 Å². The summed E-state index contributed by atoms with van der Waals surface area (Å²) in [5.41, 5.74) is 1.51. The SMILES string of the molecule is Cc1ccc(CN(C)C(=O)[C@H](Cc2ccccc2)NC(=O)c2ccccc2)o1. The first kappa shape index (κ1) is 19.4. The van der Waals surface area contributed by atoms with Gasteiger partial charge in [0.15, 0.2) is 0 Å². The van der Waals surface area contributed by atoms with Gasteiger partial charge in [0, 0.05) is 19.0 Å². The van der Waals surface area contributed by atoms with Crippen molar-refractivity contribution in [1.29, 1.82) is 0 Å². The molecule has 2 aromatic carbocycles. The van der Waals surface area contributed by atoms with Gasteiger partial charge in [-0.1, -0.05) is 48.5 Å². The highest BCUT2D eigenvalue weighted by atomic mass is 16.3. The first-order valence-corrected chi connectivity index (χ1v) is 9.23. The Kier molecular flexibility index (Phi) is 6.27. The maximum absolute atomic E-state index is 13.1. The fourth-order valence-corrected chi connectivity index (χ4v) is 3.03. The minimum Gasteiger partial charge on any atom is -0.464 e. The lowest BCUT2D eigenvalue weighted by Gasteiger charge is -2.24. The third-order valence-corrected chi connectivity index (χ3v) is 4.49. The highest BCUT2D eigenvalue weighted by Crippen LogP contribution is 2.12. The van der Waals surface area contributed by atoms with Gasteiger partial charge >= 0.3 is 0 Å². The molecular weight excluding hydrogens is 352 g/mol. The van der Waals surface area contributed by atoms with Crippen LogP contribution in [-0.2, 0) is 17.8 Å². The molecule has 0 aliphatic carbocycles. The van der Waals surface area contributed by atoms with E-state index in [9.17, 15) is 9.59 Å². The van der Waals surface area contributed by atoms with Crippen LogP contribution in [0.4, 0.5) is 0 Å². The van der Waals surface area contributed by atoms with Gasteiger partial charge in [-0.25, -0.2) is 0 Å². The first-order chi connectivity index (χ1) is 13.5. The summed E-state index contributed by atoms with van der Waals surface area (Å²) in [6.45, 7) is 2.21. The molecule has 5 heteroatoms. The molecule has 0 unspecified atom stereocenters. The number of hydrogen-bond acceptors (Lipinski definition) is 3. The van der Waals surface area contributed by atoms with Gasteiger partial charge in [-0.2, -0.15) is 0 Å².